The fourth-order valence-electron chi connectivity index (χ4n) is 1.42. The zero-order valence-corrected chi connectivity index (χ0v) is 10.6. The number of H-pyrrole nitrogens is 1. The van der Waals surface area contributed by atoms with Gasteiger partial charge in [-0.3, -0.25) is 4.79 Å². The van der Waals surface area contributed by atoms with Crippen LogP contribution in [0.2, 0.25) is 5.02 Å². The first-order chi connectivity index (χ1) is 8.15. The molecule has 1 aromatic heterocycles. The van der Waals surface area contributed by atoms with Crippen LogP contribution in [0.5, 0.6) is 0 Å². The Morgan fingerprint density at radius 3 is 2.88 bits per heavy atom. The van der Waals surface area contributed by atoms with Crippen LogP contribution in [0.25, 0.3) is 0 Å². The van der Waals surface area contributed by atoms with Crippen molar-refractivity contribution in [2.45, 2.75) is 13.1 Å². The molecule has 0 saturated carbocycles. The van der Waals surface area contributed by atoms with Crippen LogP contribution in [0.4, 0.5) is 5.69 Å². The summed E-state index contributed by atoms with van der Waals surface area (Å²) in [5.41, 5.74) is 8.15. The fourth-order valence-corrected chi connectivity index (χ4v) is 2.21. The number of anilines is 1. The van der Waals surface area contributed by atoms with E-state index in [4.69, 9.17) is 17.3 Å². The topological polar surface area (TPSA) is 70.9 Å². The second-order valence-corrected chi connectivity index (χ2v) is 4.88. The molecule has 0 unspecified atom stereocenters. The highest BCUT2D eigenvalue weighted by Gasteiger charge is 1.99. The second kappa shape index (κ2) is 5.35. The van der Waals surface area contributed by atoms with Gasteiger partial charge in [-0.25, -0.2) is 0 Å². The lowest BCUT2D eigenvalue weighted by molar-refractivity contribution is 0.682. The van der Waals surface area contributed by atoms with Gasteiger partial charge < -0.3 is 16.0 Å². The number of aromatic amines is 1. The molecule has 0 radical (unpaired) electrons. The van der Waals surface area contributed by atoms with E-state index in [9.17, 15) is 4.79 Å². The maximum Gasteiger partial charge on any atom is 0.304 e. The summed E-state index contributed by atoms with van der Waals surface area (Å²) in [4.78, 5) is 13.6. The van der Waals surface area contributed by atoms with E-state index in [1.165, 1.54) is 11.3 Å². The molecular formula is C11H12ClN3OS. The Kier molecular flexibility index (Phi) is 3.83. The van der Waals surface area contributed by atoms with Crippen molar-refractivity contribution in [1.82, 2.24) is 10.3 Å². The molecule has 0 amide bonds. The molecule has 0 saturated heterocycles. The summed E-state index contributed by atoms with van der Waals surface area (Å²) in [6, 6.07) is 5.54. The van der Waals surface area contributed by atoms with E-state index in [2.05, 4.69) is 10.3 Å². The molecule has 0 aliphatic heterocycles. The lowest BCUT2D eigenvalue weighted by Gasteiger charge is -2.05. The number of benzene rings is 1. The molecule has 0 spiro atoms. The third kappa shape index (κ3) is 3.33. The summed E-state index contributed by atoms with van der Waals surface area (Å²) in [5, 5.41) is 5.59. The number of hydrogen-bond donors (Lipinski definition) is 3. The van der Waals surface area contributed by atoms with E-state index in [0.717, 1.165) is 11.3 Å². The van der Waals surface area contributed by atoms with E-state index in [0.29, 0.717) is 23.8 Å². The summed E-state index contributed by atoms with van der Waals surface area (Å²) in [5.74, 6) is 0. The van der Waals surface area contributed by atoms with Gasteiger partial charge in [0.05, 0.1) is 10.7 Å². The Hall–Kier alpha value is -1.30. The van der Waals surface area contributed by atoms with Crippen LogP contribution in [0, 0.1) is 0 Å². The average molecular weight is 270 g/mol. The molecule has 0 fully saturated rings. The molecule has 1 heterocycles. The minimum atomic E-state index is -0.0303. The molecule has 1 aromatic carbocycles. The number of hydrogen-bond acceptors (Lipinski definition) is 4. The lowest BCUT2D eigenvalue weighted by Crippen LogP contribution is -2.13. The Morgan fingerprint density at radius 1 is 1.41 bits per heavy atom. The van der Waals surface area contributed by atoms with Gasteiger partial charge in [0.15, 0.2) is 0 Å². The van der Waals surface area contributed by atoms with E-state index in [1.807, 2.05) is 17.5 Å². The summed E-state index contributed by atoms with van der Waals surface area (Å²) >= 11 is 7.08. The van der Waals surface area contributed by atoms with Gasteiger partial charge in [-0.15, -0.1) is 0 Å². The minimum absolute atomic E-state index is 0.0303. The number of nitrogens with two attached hydrogens (primary N) is 1. The number of rotatable bonds is 4. The fraction of sp³-hybridized carbons (Fsp3) is 0.182. The summed E-state index contributed by atoms with van der Waals surface area (Å²) in [6.07, 6.45) is 0. The van der Waals surface area contributed by atoms with Gasteiger partial charge in [-0.05, 0) is 17.7 Å². The van der Waals surface area contributed by atoms with E-state index >= 15 is 0 Å². The summed E-state index contributed by atoms with van der Waals surface area (Å²) in [6.45, 7) is 1.30. The standard InChI is InChI=1S/C11H12ClN3OS/c12-9-3-7(1-2-10(9)13)4-14-5-8-6-17-11(16)15-8/h1-3,6,14H,4-5,13H2,(H,15,16). The molecule has 0 bridgehead atoms. The summed E-state index contributed by atoms with van der Waals surface area (Å²) in [7, 11) is 0. The van der Waals surface area contributed by atoms with Crippen molar-refractivity contribution in [2.24, 2.45) is 0 Å². The van der Waals surface area contributed by atoms with Crippen molar-refractivity contribution >= 4 is 28.6 Å². The molecule has 2 rings (SSSR count). The van der Waals surface area contributed by atoms with Gasteiger partial charge in [0.25, 0.3) is 0 Å². The first-order valence-corrected chi connectivity index (χ1v) is 6.32. The second-order valence-electron chi connectivity index (χ2n) is 3.63. The molecule has 2 aromatic rings. The number of nitrogens with one attached hydrogen (secondary N) is 2. The van der Waals surface area contributed by atoms with Crippen LogP contribution in [0.3, 0.4) is 0 Å². The highest BCUT2D eigenvalue weighted by molar-refractivity contribution is 7.07. The largest absolute Gasteiger partial charge is 0.398 e. The zero-order valence-electron chi connectivity index (χ0n) is 9.00. The monoisotopic (exact) mass is 269 g/mol. The first kappa shape index (κ1) is 12.2. The van der Waals surface area contributed by atoms with Crippen LogP contribution < -0.4 is 15.9 Å². The lowest BCUT2D eigenvalue weighted by atomic mass is 10.2. The van der Waals surface area contributed by atoms with Gasteiger partial charge in [0, 0.05) is 24.2 Å². The van der Waals surface area contributed by atoms with Crippen LogP contribution in [0.1, 0.15) is 11.3 Å². The van der Waals surface area contributed by atoms with Crippen molar-refractivity contribution in [1.29, 1.82) is 0 Å². The normalized spacial score (nSPS) is 10.6. The van der Waals surface area contributed by atoms with E-state index in [-0.39, 0.29) is 4.87 Å². The zero-order chi connectivity index (χ0) is 12.3. The molecule has 4 nitrogen and oxygen atoms in total. The highest BCUT2D eigenvalue weighted by Crippen LogP contribution is 2.19. The molecule has 0 aliphatic carbocycles. The van der Waals surface area contributed by atoms with Gasteiger partial charge in [-0.2, -0.15) is 0 Å². The van der Waals surface area contributed by atoms with Crippen LogP contribution in [0.15, 0.2) is 28.4 Å². The van der Waals surface area contributed by atoms with Crippen molar-refractivity contribution in [2.75, 3.05) is 5.73 Å². The third-order valence-corrected chi connectivity index (χ3v) is 3.33. The number of aromatic nitrogens is 1. The predicted octanol–water partition coefficient (Wildman–Crippen LogP) is 1.96. The minimum Gasteiger partial charge on any atom is -0.398 e. The van der Waals surface area contributed by atoms with Gasteiger partial charge in [0.1, 0.15) is 0 Å². The average Bonchev–Trinajstić information content (AvgIpc) is 2.70. The van der Waals surface area contributed by atoms with Gasteiger partial charge in [0.2, 0.25) is 0 Å². The van der Waals surface area contributed by atoms with Gasteiger partial charge >= 0.3 is 4.87 Å². The summed E-state index contributed by atoms with van der Waals surface area (Å²) < 4.78 is 0. The Morgan fingerprint density at radius 2 is 2.24 bits per heavy atom. The predicted molar refractivity (Wildman–Crippen MR) is 71.3 cm³/mol. The Labute approximate surface area is 107 Å². The third-order valence-electron chi connectivity index (χ3n) is 2.28. The molecule has 90 valence electrons. The molecular weight excluding hydrogens is 258 g/mol. The van der Waals surface area contributed by atoms with Crippen LogP contribution in [-0.4, -0.2) is 4.98 Å². The molecule has 0 aliphatic rings. The number of halogens is 1. The maximum atomic E-state index is 10.9. The number of nitrogen functional groups attached to an aromatic ring is 1. The van der Waals surface area contributed by atoms with Gasteiger partial charge in [-0.1, -0.05) is 29.0 Å². The quantitative estimate of drug-likeness (QED) is 0.743. The smallest absolute Gasteiger partial charge is 0.304 e. The van der Waals surface area contributed by atoms with E-state index < -0.39 is 0 Å². The van der Waals surface area contributed by atoms with Crippen molar-refractivity contribution < 1.29 is 0 Å². The van der Waals surface area contributed by atoms with Crippen molar-refractivity contribution in [3.05, 3.63) is 49.5 Å². The first-order valence-electron chi connectivity index (χ1n) is 5.06. The molecule has 0 atom stereocenters. The molecule has 17 heavy (non-hydrogen) atoms. The Balaban J connectivity index is 1.89. The number of thiazole rings is 1. The van der Waals surface area contributed by atoms with Crippen molar-refractivity contribution in [3.63, 3.8) is 0 Å². The Bertz CT molecular complexity index is 564. The van der Waals surface area contributed by atoms with E-state index in [1.54, 1.807) is 6.07 Å². The maximum absolute atomic E-state index is 10.9. The van der Waals surface area contributed by atoms with Crippen LogP contribution in [-0.2, 0) is 13.1 Å². The molecule has 6 heteroatoms. The SMILES string of the molecule is Nc1ccc(CNCc2csc(=O)[nH]2)cc1Cl. The van der Waals surface area contributed by atoms with Crippen LogP contribution >= 0.6 is 22.9 Å². The highest BCUT2D eigenvalue weighted by atomic mass is 35.5. The van der Waals surface area contributed by atoms with Crippen molar-refractivity contribution in [3.8, 4) is 0 Å². The molecule has 4 N–H and O–H groups in total.